The molecule has 0 atom stereocenters. The number of alkyl halides is 3. The van der Waals surface area contributed by atoms with E-state index in [9.17, 15) is 13.2 Å². The topological polar surface area (TPSA) is 56.7 Å². The number of fused-ring (bicyclic) bond motifs is 1. The Labute approximate surface area is 130 Å². The molecule has 0 aliphatic carbocycles. The third kappa shape index (κ3) is 3.20. The van der Waals surface area contributed by atoms with Crippen molar-refractivity contribution in [3.05, 3.63) is 41.8 Å². The average molecular weight is 324 g/mol. The van der Waals surface area contributed by atoms with Crippen LogP contribution in [0.25, 0.3) is 11.0 Å². The minimum Gasteiger partial charge on any atom is -0.337 e. The highest BCUT2D eigenvalue weighted by molar-refractivity contribution is 5.76. The van der Waals surface area contributed by atoms with E-state index in [-0.39, 0.29) is 18.0 Å². The third-order valence-corrected chi connectivity index (χ3v) is 3.47. The summed E-state index contributed by atoms with van der Waals surface area (Å²) in [6.45, 7) is 1.88. The SMILES string of the molecule is CCCCc1noc(Cn2c(C(F)(F)F)nc3ccccc32)n1. The van der Waals surface area contributed by atoms with E-state index in [0.717, 1.165) is 17.4 Å². The number of hydrogen-bond donors (Lipinski definition) is 0. The zero-order chi connectivity index (χ0) is 16.4. The van der Waals surface area contributed by atoms with E-state index in [4.69, 9.17) is 4.52 Å². The van der Waals surface area contributed by atoms with E-state index in [0.29, 0.717) is 17.8 Å². The Morgan fingerprint density at radius 2 is 1.96 bits per heavy atom. The number of hydrogen-bond acceptors (Lipinski definition) is 4. The molecule has 0 saturated heterocycles. The molecule has 5 nitrogen and oxygen atoms in total. The second-order valence-corrected chi connectivity index (χ2v) is 5.22. The second kappa shape index (κ2) is 6.02. The van der Waals surface area contributed by atoms with Gasteiger partial charge in [-0.25, -0.2) is 4.98 Å². The number of benzene rings is 1. The molecular weight excluding hydrogens is 309 g/mol. The normalized spacial score (nSPS) is 12.2. The molecule has 0 aliphatic heterocycles. The van der Waals surface area contributed by atoms with Gasteiger partial charge in [0.15, 0.2) is 5.82 Å². The van der Waals surface area contributed by atoms with Crippen LogP contribution < -0.4 is 0 Å². The molecule has 0 unspecified atom stereocenters. The van der Waals surface area contributed by atoms with Crippen molar-refractivity contribution in [3.8, 4) is 0 Å². The Balaban J connectivity index is 1.97. The van der Waals surface area contributed by atoms with Crippen LogP contribution in [0.5, 0.6) is 0 Å². The fraction of sp³-hybridized carbons (Fsp3) is 0.400. The minimum atomic E-state index is -4.55. The zero-order valence-corrected chi connectivity index (χ0v) is 12.5. The Hall–Kier alpha value is -2.38. The number of aryl methyl sites for hydroxylation is 1. The van der Waals surface area contributed by atoms with Crippen molar-refractivity contribution in [2.45, 2.75) is 38.9 Å². The Morgan fingerprint density at radius 3 is 2.70 bits per heavy atom. The minimum absolute atomic E-state index is 0.143. The highest BCUT2D eigenvalue weighted by Crippen LogP contribution is 2.31. The van der Waals surface area contributed by atoms with Gasteiger partial charge < -0.3 is 9.09 Å². The van der Waals surface area contributed by atoms with Gasteiger partial charge in [-0.05, 0) is 18.6 Å². The van der Waals surface area contributed by atoms with Crippen molar-refractivity contribution in [2.24, 2.45) is 0 Å². The van der Waals surface area contributed by atoms with E-state index in [1.807, 2.05) is 6.92 Å². The highest BCUT2D eigenvalue weighted by atomic mass is 19.4. The first-order valence-corrected chi connectivity index (χ1v) is 7.33. The monoisotopic (exact) mass is 324 g/mol. The third-order valence-electron chi connectivity index (χ3n) is 3.47. The van der Waals surface area contributed by atoms with E-state index in [1.165, 1.54) is 0 Å². The number of halogens is 3. The maximum Gasteiger partial charge on any atom is 0.449 e. The van der Waals surface area contributed by atoms with Gasteiger partial charge in [-0.3, -0.25) is 0 Å². The molecule has 3 rings (SSSR count). The van der Waals surface area contributed by atoms with E-state index in [2.05, 4.69) is 15.1 Å². The van der Waals surface area contributed by atoms with Crippen molar-refractivity contribution in [3.63, 3.8) is 0 Å². The summed E-state index contributed by atoms with van der Waals surface area (Å²) >= 11 is 0. The largest absolute Gasteiger partial charge is 0.449 e. The van der Waals surface area contributed by atoms with Crippen molar-refractivity contribution < 1.29 is 17.7 Å². The highest BCUT2D eigenvalue weighted by Gasteiger charge is 2.37. The van der Waals surface area contributed by atoms with Crippen LogP contribution in [0.2, 0.25) is 0 Å². The summed E-state index contributed by atoms with van der Waals surface area (Å²) in [7, 11) is 0. The number of imidazole rings is 1. The predicted molar refractivity (Wildman–Crippen MR) is 76.7 cm³/mol. The van der Waals surface area contributed by atoms with Gasteiger partial charge in [-0.2, -0.15) is 18.2 Å². The van der Waals surface area contributed by atoms with Crippen LogP contribution in [0.15, 0.2) is 28.8 Å². The van der Waals surface area contributed by atoms with Gasteiger partial charge in [0, 0.05) is 6.42 Å². The summed E-state index contributed by atoms with van der Waals surface area (Å²) < 4.78 is 45.8. The maximum atomic E-state index is 13.2. The Kier molecular flexibility index (Phi) is 4.06. The van der Waals surface area contributed by atoms with Gasteiger partial charge in [-0.1, -0.05) is 30.6 Å². The van der Waals surface area contributed by atoms with Gasteiger partial charge >= 0.3 is 6.18 Å². The molecule has 0 saturated carbocycles. The van der Waals surface area contributed by atoms with Crippen LogP contribution in [-0.4, -0.2) is 19.7 Å². The average Bonchev–Trinajstić information content (AvgIpc) is 3.10. The quantitative estimate of drug-likeness (QED) is 0.716. The van der Waals surface area contributed by atoms with Gasteiger partial charge in [0.2, 0.25) is 11.7 Å². The second-order valence-electron chi connectivity index (χ2n) is 5.22. The summed E-state index contributed by atoms with van der Waals surface area (Å²) in [6, 6.07) is 6.45. The van der Waals surface area contributed by atoms with Crippen LogP contribution in [0.3, 0.4) is 0 Å². The van der Waals surface area contributed by atoms with Crippen LogP contribution >= 0.6 is 0 Å². The van der Waals surface area contributed by atoms with Crippen LogP contribution in [-0.2, 0) is 19.1 Å². The van der Waals surface area contributed by atoms with Crippen LogP contribution in [0.4, 0.5) is 13.2 Å². The number of nitrogens with zero attached hydrogens (tertiary/aromatic N) is 4. The lowest BCUT2D eigenvalue weighted by molar-refractivity contribution is -0.146. The molecule has 122 valence electrons. The molecule has 0 fully saturated rings. The first-order valence-electron chi connectivity index (χ1n) is 7.33. The van der Waals surface area contributed by atoms with E-state index >= 15 is 0 Å². The Morgan fingerprint density at radius 1 is 1.17 bits per heavy atom. The molecule has 0 radical (unpaired) electrons. The lowest BCUT2D eigenvalue weighted by Gasteiger charge is -2.08. The van der Waals surface area contributed by atoms with Crippen molar-refractivity contribution >= 4 is 11.0 Å². The molecule has 0 spiro atoms. The summed E-state index contributed by atoms with van der Waals surface area (Å²) in [4.78, 5) is 7.84. The molecule has 0 N–H and O–H groups in total. The molecule has 3 aromatic rings. The number of unbranched alkanes of at least 4 members (excludes halogenated alkanes) is 1. The summed E-state index contributed by atoms with van der Waals surface area (Å²) in [6.07, 6.45) is -2.02. The molecule has 8 heteroatoms. The van der Waals surface area contributed by atoms with Gasteiger partial charge in [0.05, 0.1) is 11.0 Å². The van der Waals surface area contributed by atoms with Crippen molar-refractivity contribution in [1.29, 1.82) is 0 Å². The summed E-state index contributed by atoms with van der Waals surface area (Å²) in [5.41, 5.74) is 0.665. The van der Waals surface area contributed by atoms with Gasteiger partial charge in [0.25, 0.3) is 0 Å². The molecular formula is C15H15F3N4O. The van der Waals surface area contributed by atoms with E-state index < -0.39 is 12.0 Å². The molecule has 0 aliphatic rings. The predicted octanol–water partition coefficient (Wildman–Crippen LogP) is 3.83. The maximum absolute atomic E-state index is 13.2. The first-order chi connectivity index (χ1) is 11.0. The molecule has 0 amide bonds. The fourth-order valence-electron chi connectivity index (χ4n) is 2.38. The smallest absolute Gasteiger partial charge is 0.337 e. The number of aromatic nitrogens is 4. The zero-order valence-electron chi connectivity index (χ0n) is 12.5. The number of para-hydroxylation sites is 2. The summed E-state index contributed by atoms with van der Waals surface area (Å²) in [5, 5.41) is 3.81. The summed E-state index contributed by atoms with van der Waals surface area (Å²) in [5.74, 6) is -0.309. The molecule has 0 bridgehead atoms. The van der Waals surface area contributed by atoms with Crippen LogP contribution in [0, 0.1) is 0 Å². The van der Waals surface area contributed by atoms with Crippen LogP contribution in [0.1, 0.15) is 37.3 Å². The van der Waals surface area contributed by atoms with E-state index in [1.54, 1.807) is 24.3 Å². The molecule has 23 heavy (non-hydrogen) atoms. The fourth-order valence-corrected chi connectivity index (χ4v) is 2.38. The lowest BCUT2D eigenvalue weighted by atomic mass is 10.2. The lowest BCUT2D eigenvalue weighted by Crippen LogP contribution is -2.15. The Bertz CT molecular complexity index is 807. The molecule has 1 aromatic carbocycles. The first kappa shape index (κ1) is 15.5. The standard InChI is InChI=1S/C15H15F3N4O/c1-2-3-8-12-20-13(23-21-12)9-22-11-7-5-4-6-10(11)19-14(22)15(16,17)18/h4-7H,2-3,8-9H2,1H3. The van der Waals surface area contributed by atoms with Gasteiger partial charge in [0.1, 0.15) is 6.54 Å². The molecule has 2 aromatic heterocycles. The molecule has 2 heterocycles. The van der Waals surface area contributed by atoms with Gasteiger partial charge in [-0.15, -0.1) is 0 Å². The van der Waals surface area contributed by atoms with Crippen molar-refractivity contribution in [2.75, 3.05) is 0 Å². The van der Waals surface area contributed by atoms with Crippen molar-refractivity contribution in [1.82, 2.24) is 19.7 Å². The number of rotatable bonds is 5.